The summed E-state index contributed by atoms with van der Waals surface area (Å²) < 4.78 is 0. The predicted octanol–water partition coefficient (Wildman–Crippen LogP) is 1.81. The van der Waals surface area contributed by atoms with Crippen LogP contribution in [0.1, 0.15) is 35.4 Å². The number of nitrogens with zero attached hydrogens (tertiary/aromatic N) is 1. The molecule has 0 unspecified atom stereocenters. The first-order valence-corrected chi connectivity index (χ1v) is 6.44. The summed E-state index contributed by atoms with van der Waals surface area (Å²) in [4.78, 5) is 13.9. The number of hydrogen-bond donors (Lipinski definition) is 2. The molecule has 1 amide bonds. The molecule has 2 heterocycles. The number of nitrogen functional groups attached to an aromatic ring is 1. The van der Waals surface area contributed by atoms with Crippen LogP contribution in [0.2, 0.25) is 0 Å². The first-order valence-electron chi connectivity index (χ1n) is 5.62. The minimum Gasteiger partial charge on any atom is -0.397 e. The molecular weight excluding hydrogens is 222 g/mol. The highest BCUT2D eigenvalue weighted by molar-refractivity contribution is 7.18. The molecule has 16 heavy (non-hydrogen) atoms. The number of carbonyl (C=O) groups excluding carboxylic acids is 1. The maximum Gasteiger partial charge on any atom is 0.260 e. The van der Waals surface area contributed by atoms with Crippen LogP contribution in [0.4, 0.5) is 10.7 Å². The van der Waals surface area contributed by atoms with Gasteiger partial charge in [0.2, 0.25) is 0 Å². The Morgan fingerprint density at radius 1 is 1.25 bits per heavy atom. The quantitative estimate of drug-likeness (QED) is 0.826. The summed E-state index contributed by atoms with van der Waals surface area (Å²) in [7, 11) is 0. The van der Waals surface area contributed by atoms with Gasteiger partial charge in [-0.1, -0.05) is 12.8 Å². The first kappa shape index (κ1) is 11.3. The summed E-state index contributed by atoms with van der Waals surface area (Å²) in [5.74, 6) is -0.427. The minimum atomic E-state index is -0.427. The predicted molar refractivity (Wildman–Crippen MR) is 67.9 cm³/mol. The van der Waals surface area contributed by atoms with Crippen molar-refractivity contribution in [2.75, 3.05) is 23.7 Å². The highest BCUT2D eigenvalue weighted by Gasteiger charge is 2.16. The van der Waals surface area contributed by atoms with Gasteiger partial charge in [0.25, 0.3) is 5.91 Å². The second-order valence-corrected chi connectivity index (χ2v) is 5.17. The Morgan fingerprint density at radius 3 is 2.38 bits per heavy atom. The zero-order valence-corrected chi connectivity index (χ0v) is 10.1. The molecule has 1 aliphatic rings. The van der Waals surface area contributed by atoms with E-state index in [0.717, 1.165) is 18.1 Å². The van der Waals surface area contributed by atoms with Gasteiger partial charge in [-0.15, -0.1) is 11.3 Å². The molecule has 4 N–H and O–H groups in total. The lowest BCUT2D eigenvalue weighted by Crippen LogP contribution is -2.22. The molecule has 1 saturated heterocycles. The zero-order chi connectivity index (χ0) is 11.5. The summed E-state index contributed by atoms with van der Waals surface area (Å²) in [6, 6.07) is 1.87. The Kier molecular flexibility index (Phi) is 3.33. The molecule has 4 nitrogen and oxygen atoms in total. The molecule has 1 fully saturated rings. The fraction of sp³-hybridized carbons (Fsp3) is 0.545. The monoisotopic (exact) mass is 239 g/mol. The van der Waals surface area contributed by atoms with Crippen molar-refractivity contribution in [3.8, 4) is 0 Å². The van der Waals surface area contributed by atoms with Gasteiger partial charge in [-0.2, -0.15) is 0 Å². The lowest BCUT2D eigenvalue weighted by molar-refractivity contribution is 0.100. The smallest absolute Gasteiger partial charge is 0.260 e. The van der Waals surface area contributed by atoms with Gasteiger partial charge in [0, 0.05) is 13.1 Å². The van der Waals surface area contributed by atoms with E-state index >= 15 is 0 Å². The summed E-state index contributed by atoms with van der Waals surface area (Å²) >= 11 is 1.41. The van der Waals surface area contributed by atoms with Gasteiger partial charge >= 0.3 is 0 Å². The number of carbonyl (C=O) groups is 1. The normalized spacial score (nSPS) is 17.1. The largest absolute Gasteiger partial charge is 0.397 e. The van der Waals surface area contributed by atoms with Crippen LogP contribution in [0.15, 0.2) is 6.07 Å². The van der Waals surface area contributed by atoms with E-state index in [4.69, 9.17) is 11.5 Å². The molecule has 1 aromatic heterocycles. The maximum atomic E-state index is 11.1. The molecule has 5 heteroatoms. The fourth-order valence-electron chi connectivity index (χ4n) is 2.03. The number of rotatable bonds is 2. The molecule has 2 rings (SSSR count). The van der Waals surface area contributed by atoms with E-state index in [-0.39, 0.29) is 0 Å². The number of anilines is 2. The Bertz CT molecular complexity index is 381. The van der Waals surface area contributed by atoms with E-state index in [0.29, 0.717) is 10.6 Å². The van der Waals surface area contributed by atoms with Crippen LogP contribution in [0.3, 0.4) is 0 Å². The van der Waals surface area contributed by atoms with Gasteiger partial charge in [0.1, 0.15) is 4.88 Å². The van der Waals surface area contributed by atoms with Crippen molar-refractivity contribution in [2.24, 2.45) is 5.73 Å². The highest BCUT2D eigenvalue weighted by Crippen LogP contribution is 2.33. The van der Waals surface area contributed by atoms with Crippen LogP contribution in [-0.4, -0.2) is 19.0 Å². The van der Waals surface area contributed by atoms with Crippen molar-refractivity contribution in [1.29, 1.82) is 0 Å². The SMILES string of the molecule is NC(=O)c1sc(N2CCCCCC2)cc1N. The number of amides is 1. The van der Waals surface area contributed by atoms with E-state index in [1.165, 1.54) is 37.0 Å². The van der Waals surface area contributed by atoms with Crippen LogP contribution in [0.5, 0.6) is 0 Å². The topological polar surface area (TPSA) is 72.4 Å². The second kappa shape index (κ2) is 4.74. The van der Waals surface area contributed by atoms with E-state index in [1.54, 1.807) is 0 Å². The molecule has 0 bridgehead atoms. The van der Waals surface area contributed by atoms with Gasteiger partial charge in [0.05, 0.1) is 10.7 Å². The van der Waals surface area contributed by atoms with Crippen molar-refractivity contribution >= 4 is 27.9 Å². The number of thiophene rings is 1. The van der Waals surface area contributed by atoms with Crippen molar-refractivity contribution in [2.45, 2.75) is 25.7 Å². The Hall–Kier alpha value is -1.23. The minimum absolute atomic E-state index is 0.427. The van der Waals surface area contributed by atoms with Gasteiger partial charge in [-0.25, -0.2) is 0 Å². The third-order valence-electron chi connectivity index (χ3n) is 2.89. The van der Waals surface area contributed by atoms with Gasteiger partial charge < -0.3 is 16.4 Å². The van der Waals surface area contributed by atoms with Crippen molar-refractivity contribution in [1.82, 2.24) is 0 Å². The highest BCUT2D eigenvalue weighted by atomic mass is 32.1. The van der Waals surface area contributed by atoms with Crippen LogP contribution in [0.25, 0.3) is 0 Å². The Balaban J connectivity index is 2.19. The lowest BCUT2D eigenvalue weighted by Gasteiger charge is -2.19. The summed E-state index contributed by atoms with van der Waals surface area (Å²) in [6.45, 7) is 2.11. The molecule has 1 aromatic rings. The van der Waals surface area contributed by atoms with Gasteiger partial charge in [-0.3, -0.25) is 4.79 Å². The summed E-state index contributed by atoms with van der Waals surface area (Å²) in [5, 5.41) is 1.08. The average molecular weight is 239 g/mol. The molecule has 0 aliphatic carbocycles. The molecular formula is C11H17N3OS. The molecule has 0 saturated carbocycles. The van der Waals surface area contributed by atoms with Crippen LogP contribution >= 0.6 is 11.3 Å². The third-order valence-corrected chi connectivity index (χ3v) is 4.12. The third kappa shape index (κ3) is 2.29. The fourth-order valence-corrected chi connectivity index (χ4v) is 3.02. The number of hydrogen-bond acceptors (Lipinski definition) is 4. The lowest BCUT2D eigenvalue weighted by atomic mass is 10.2. The molecule has 0 aromatic carbocycles. The molecule has 0 spiro atoms. The van der Waals surface area contributed by atoms with Crippen molar-refractivity contribution < 1.29 is 4.79 Å². The Morgan fingerprint density at radius 2 is 1.88 bits per heavy atom. The van der Waals surface area contributed by atoms with E-state index in [1.807, 2.05) is 6.07 Å². The van der Waals surface area contributed by atoms with Crippen LogP contribution in [-0.2, 0) is 0 Å². The van der Waals surface area contributed by atoms with E-state index in [2.05, 4.69) is 4.90 Å². The molecule has 0 atom stereocenters. The van der Waals surface area contributed by atoms with Gasteiger partial charge in [-0.05, 0) is 18.9 Å². The number of primary amides is 1. The Labute approximate surface area is 99.2 Å². The van der Waals surface area contributed by atoms with E-state index in [9.17, 15) is 4.79 Å². The standard InChI is InChI=1S/C11H17N3OS/c12-8-7-9(16-10(8)11(13)15)14-5-3-1-2-4-6-14/h7H,1-6,12H2,(H2,13,15). The number of nitrogens with two attached hydrogens (primary N) is 2. The summed E-state index contributed by atoms with van der Waals surface area (Å²) in [5.41, 5.74) is 11.5. The molecule has 1 aliphatic heterocycles. The van der Waals surface area contributed by atoms with Gasteiger partial charge in [0.15, 0.2) is 0 Å². The summed E-state index contributed by atoms with van der Waals surface area (Å²) in [6.07, 6.45) is 5.01. The zero-order valence-electron chi connectivity index (χ0n) is 9.24. The van der Waals surface area contributed by atoms with Crippen LogP contribution < -0.4 is 16.4 Å². The van der Waals surface area contributed by atoms with E-state index < -0.39 is 5.91 Å². The average Bonchev–Trinajstić information content (AvgIpc) is 2.50. The second-order valence-electron chi connectivity index (χ2n) is 4.13. The van der Waals surface area contributed by atoms with Crippen molar-refractivity contribution in [3.63, 3.8) is 0 Å². The molecule has 88 valence electrons. The molecule has 0 radical (unpaired) electrons. The van der Waals surface area contributed by atoms with Crippen LogP contribution in [0, 0.1) is 0 Å². The maximum absolute atomic E-state index is 11.1. The van der Waals surface area contributed by atoms with Crippen molar-refractivity contribution in [3.05, 3.63) is 10.9 Å². The first-order chi connectivity index (χ1) is 7.68.